The molecule has 1 fully saturated rings. The molecule has 84 valence electrons. The van der Waals surface area contributed by atoms with E-state index in [-0.39, 0.29) is 0 Å². The first kappa shape index (κ1) is 11.2. The number of thioether (sulfide) groups is 1. The van der Waals surface area contributed by atoms with Crippen molar-refractivity contribution in [2.24, 2.45) is 0 Å². The van der Waals surface area contributed by atoms with Gasteiger partial charge in [0.2, 0.25) is 5.13 Å². The summed E-state index contributed by atoms with van der Waals surface area (Å²) in [7, 11) is 0. The van der Waals surface area contributed by atoms with Crippen LogP contribution in [0.25, 0.3) is 0 Å². The van der Waals surface area contributed by atoms with Gasteiger partial charge in [-0.25, -0.2) is 4.98 Å². The van der Waals surface area contributed by atoms with E-state index in [2.05, 4.69) is 40.3 Å². The van der Waals surface area contributed by atoms with Gasteiger partial charge < -0.3 is 5.32 Å². The maximum absolute atomic E-state index is 4.41. The maximum Gasteiger partial charge on any atom is 0.202 e. The van der Waals surface area contributed by atoms with Crippen LogP contribution in [0.5, 0.6) is 0 Å². The molecule has 0 radical (unpaired) electrons. The highest BCUT2D eigenvalue weighted by molar-refractivity contribution is 8.00. The van der Waals surface area contributed by atoms with Gasteiger partial charge in [-0.05, 0) is 25.5 Å². The van der Waals surface area contributed by atoms with Crippen LogP contribution in [0.2, 0.25) is 0 Å². The van der Waals surface area contributed by atoms with Crippen LogP contribution >= 0.6 is 23.3 Å². The fourth-order valence-electron chi connectivity index (χ4n) is 1.71. The summed E-state index contributed by atoms with van der Waals surface area (Å²) in [5.41, 5.74) is 0. The van der Waals surface area contributed by atoms with Gasteiger partial charge in [-0.15, -0.1) is 0 Å². The largest absolute Gasteiger partial charge is 0.359 e. The Hall–Kier alpha value is -0.290. The Morgan fingerprint density at radius 1 is 1.53 bits per heavy atom. The zero-order valence-electron chi connectivity index (χ0n) is 9.25. The topological polar surface area (TPSA) is 37.8 Å². The average molecular weight is 243 g/mol. The summed E-state index contributed by atoms with van der Waals surface area (Å²) in [5.74, 6) is 2.25. The number of nitrogens with one attached hydrogen (secondary N) is 1. The average Bonchev–Trinajstić information content (AvgIpc) is 2.84. The van der Waals surface area contributed by atoms with Crippen LogP contribution < -0.4 is 5.32 Å². The molecular weight excluding hydrogens is 226 g/mol. The molecule has 1 aromatic heterocycles. The lowest BCUT2D eigenvalue weighted by molar-refractivity contribution is 0.634. The molecule has 1 aliphatic heterocycles. The molecule has 1 aliphatic rings. The molecule has 0 aromatic carbocycles. The van der Waals surface area contributed by atoms with Gasteiger partial charge in [0.25, 0.3) is 0 Å². The second-order valence-electron chi connectivity index (χ2n) is 4.12. The van der Waals surface area contributed by atoms with Gasteiger partial charge in [-0.2, -0.15) is 16.1 Å². The SMILES string of the molecule is CCc1nsc(NCC2(C)CCCS2)n1. The zero-order chi connectivity index (χ0) is 10.7. The van der Waals surface area contributed by atoms with E-state index in [1.165, 1.54) is 30.1 Å². The number of anilines is 1. The van der Waals surface area contributed by atoms with E-state index in [0.717, 1.165) is 23.9 Å². The summed E-state index contributed by atoms with van der Waals surface area (Å²) < 4.78 is 4.66. The van der Waals surface area contributed by atoms with E-state index in [0.29, 0.717) is 4.75 Å². The predicted octanol–water partition coefficient (Wildman–Crippen LogP) is 2.80. The third-order valence-corrected chi connectivity index (χ3v) is 4.95. The third kappa shape index (κ3) is 2.84. The van der Waals surface area contributed by atoms with E-state index in [4.69, 9.17) is 0 Å². The van der Waals surface area contributed by atoms with Crippen LogP contribution in [0.3, 0.4) is 0 Å². The Kier molecular flexibility index (Phi) is 3.51. The van der Waals surface area contributed by atoms with Crippen molar-refractivity contribution in [1.29, 1.82) is 0 Å². The van der Waals surface area contributed by atoms with E-state index in [9.17, 15) is 0 Å². The van der Waals surface area contributed by atoms with Crippen molar-refractivity contribution in [2.45, 2.75) is 37.9 Å². The highest BCUT2D eigenvalue weighted by Crippen LogP contribution is 2.37. The molecule has 15 heavy (non-hydrogen) atoms. The molecule has 0 amide bonds. The van der Waals surface area contributed by atoms with Crippen molar-refractivity contribution in [1.82, 2.24) is 9.36 Å². The molecular formula is C10H17N3S2. The summed E-state index contributed by atoms with van der Waals surface area (Å²) in [6.07, 6.45) is 3.58. The first-order valence-corrected chi connectivity index (χ1v) is 7.18. The van der Waals surface area contributed by atoms with Crippen molar-refractivity contribution in [3.8, 4) is 0 Å². The molecule has 1 unspecified atom stereocenters. The van der Waals surface area contributed by atoms with Gasteiger partial charge >= 0.3 is 0 Å². The normalized spacial score (nSPS) is 25.7. The lowest BCUT2D eigenvalue weighted by atomic mass is 10.1. The molecule has 0 saturated carbocycles. The van der Waals surface area contributed by atoms with Gasteiger partial charge in [-0.3, -0.25) is 0 Å². The molecule has 1 aromatic rings. The summed E-state index contributed by atoms with van der Waals surface area (Å²) >= 11 is 3.55. The van der Waals surface area contributed by atoms with Crippen LogP contribution in [0.1, 0.15) is 32.5 Å². The Labute approximate surface area is 99.2 Å². The standard InChI is InChI=1S/C10H17N3S2/c1-3-8-12-9(15-13-8)11-7-10(2)5-4-6-14-10/h3-7H2,1-2H3,(H,11,12,13). The number of nitrogens with zero attached hydrogens (tertiary/aromatic N) is 2. The van der Waals surface area contributed by atoms with Gasteiger partial charge in [0.1, 0.15) is 5.82 Å². The lowest BCUT2D eigenvalue weighted by Gasteiger charge is -2.22. The van der Waals surface area contributed by atoms with Gasteiger partial charge in [-0.1, -0.05) is 6.92 Å². The summed E-state index contributed by atoms with van der Waals surface area (Å²) in [6.45, 7) is 5.43. The van der Waals surface area contributed by atoms with Gasteiger partial charge in [0.05, 0.1) is 0 Å². The Morgan fingerprint density at radius 3 is 3.00 bits per heavy atom. The molecule has 3 nitrogen and oxygen atoms in total. The van der Waals surface area contributed by atoms with Gasteiger partial charge in [0.15, 0.2) is 0 Å². The highest BCUT2D eigenvalue weighted by atomic mass is 32.2. The summed E-state index contributed by atoms with van der Waals surface area (Å²) in [6, 6.07) is 0. The fourth-order valence-corrected chi connectivity index (χ4v) is 3.60. The van der Waals surface area contributed by atoms with Crippen LogP contribution in [-0.2, 0) is 6.42 Å². The molecule has 0 bridgehead atoms. The molecule has 0 spiro atoms. The first-order chi connectivity index (χ1) is 7.22. The maximum atomic E-state index is 4.41. The predicted molar refractivity (Wildman–Crippen MR) is 67.9 cm³/mol. The monoisotopic (exact) mass is 243 g/mol. The van der Waals surface area contributed by atoms with Crippen molar-refractivity contribution in [2.75, 3.05) is 17.6 Å². The third-order valence-electron chi connectivity index (χ3n) is 2.70. The molecule has 5 heteroatoms. The van der Waals surface area contributed by atoms with Crippen LogP contribution in [-0.4, -0.2) is 26.4 Å². The lowest BCUT2D eigenvalue weighted by Crippen LogP contribution is -2.26. The van der Waals surface area contributed by atoms with Crippen LogP contribution in [0.15, 0.2) is 0 Å². The fraction of sp³-hybridized carbons (Fsp3) is 0.800. The smallest absolute Gasteiger partial charge is 0.202 e. The Morgan fingerprint density at radius 2 is 2.40 bits per heavy atom. The minimum Gasteiger partial charge on any atom is -0.359 e. The van der Waals surface area contributed by atoms with E-state index < -0.39 is 0 Å². The minimum atomic E-state index is 0.401. The van der Waals surface area contributed by atoms with Crippen molar-refractivity contribution in [3.05, 3.63) is 5.82 Å². The highest BCUT2D eigenvalue weighted by Gasteiger charge is 2.29. The Balaban J connectivity index is 1.87. The number of aromatic nitrogens is 2. The molecule has 1 saturated heterocycles. The van der Waals surface area contributed by atoms with Gasteiger partial charge in [0, 0.05) is 29.2 Å². The molecule has 2 heterocycles. The van der Waals surface area contributed by atoms with E-state index >= 15 is 0 Å². The number of aryl methyl sites for hydroxylation is 1. The van der Waals surface area contributed by atoms with Crippen molar-refractivity contribution >= 4 is 28.4 Å². The Bertz CT molecular complexity index is 318. The second kappa shape index (κ2) is 4.70. The number of hydrogen-bond acceptors (Lipinski definition) is 5. The first-order valence-electron chi connectivity index (χ1n) is 5.42. The summed E-state index contributed by atoms with van der Waals surface area (Å²) in [4.78, 5) is 4.41. The molecule has 1 N–H and O–H groups in total. The van der Waals surface area contributed by atoms with Crippen molar-refractivity contribution in [3.63, 3.8) is 0 Å². The molecule has 0 aliphatic carbocycles. The van der Waals surface area contributed by atoms with Crippen LogP contribution in [0, 0.1) is 0 Å². The minimum absolute atomic E-state index is 0.401. The van der Waals surface area contributed by atoms with E-state index in [1.54, 1.807) is 0 Å². The number of hydrogen-bond donors (Lipinski definition) is 1. The number of rotatable bonds is 4. The molecule has 2 rings (SSSR count). The molecule has 1 atom stereocenters. The van der Waals surface area contributed by atoms with Crippen molar-refractivity contribution < 1.29 is 0 Å². The van der Waals surface area contributed by atoms with Crippen LogP contribution in [0.4, 0.5) is 5.13 Å². The zero-order valence-corrected chi connectivity index (χ0v) is 10.9. The van der Waals surface area contributed by atoms with E-state index in [1.807, 2.05) is 0 Å². The summed E-state index contributed by atoms with van der Waals surface area (Å²) in [5, 5.41) is 4.38. The quantitative estimate of drug-likeness (QED) is 0.882. The second-order valence-corrected chi connectivity index (χ2v) is 6.56.